The van der Waals surface area contributed by atoms with Crippen LogP contribution in [0, 0.1) is 5.92 Å². The zero-order chi connectivity index (χ0) is 13.9. The van der Waals surface area contributed by atoms with E-state index >= 15 is 0 Å². The molecule has 104 valence electrons. The molecule has 0 aliphatic heterocycles. The minimum absolute atomic E-state index is 0.0203. The van der Waals surface area contributed by atoms with Crippen molar-refractivity contribution >= 4 is 17.5 Å². The number of benzene rings is 1. The van der Waals surface area contributed by atoms with Crippen molar-refractivity contribution in [2.75, 3.05) is 6.61 Å². The molecule has 1 aromatic carbocycles. The zero-order valence-corrected chi connectivity index (χ0v) is 11.9. The minimum Gasteiger partial charge on any atom is -0.394 e. The van der Waals surface area contributed by atoms with E-state index in [1.54, 1.807) is 24.3 Å². The number of halogens is 1. The molecule has 19 heavy (non-hydrogen) atoms. The number of rotatable bonds is 3. The lowest BCUT2D eigenvalue weighted by molar-refractivity contribution is 0.0697. The van der Waals surface area contributed by atoms with Gasteiger partial charge in [0.15, 0.2) is 0 Å². The molecule has 3 nitrogen and oxygen atoms in total. The summed E-state index contributed by atoms with van der Waals surface area (Å²) in [7, 11) is 0. The topological polar surface area (TPSA) is 49.3 Å². The highest BCUT2D eigenvalue weighted by Gasteiger charge is 2.36. The lowest BCUT2D eigenvalue weighted by Gasteiger charge is -2.39. The molecule has 0 aromatic heterocycles. The van der Waals surface area contributed by atoms with E-state index in [1.807, 2.05) is 0 Å². The fourth-order valence-corrected chi connectivity index (χ4v) is 3.13. The van der Waals surface area contributed by atoms with E-state index in [2.05, 4.69) is 12.2 Å². The fourth-order valence-electron chi connectivity index (χ4n) is 2.91. The Hall–Kier alpha value is -1.06. The molecule has 2 rings (SSSR count). The highest BCUT2D eigenvalue weighted by molar-refractivity contribution is 6.33. The maximum absolute atomic E-state index is 12.3. The third-order valence-corrected chi connectivity index (χ3v) is 4.22. The van der Waals surface area contributed by atoms with Gasteiger partial charge in [0.25, 0.3) is 5.91 Å². The first kappa shape index (κ1) is 14.4. The number of hydrogen-bond acceptors (Lipinski definition) is 2. The second-order valence-electron chi connectivity index (χ2n) is 5.57. The predicted molar refractivity (Wildman–Crippen MR) is 76.4 cm³/mol. The van der Waals surface area contributed by atoms with Crippen molar-refractivity contribution in [2.45, 2.75) is 38.1 Å². The molecule has 0 heterocycles. The van der Waals surface area contributed by atoms with Crippen molar-refractivity contribution < 1.29 is 9.90 Å². The molecule has 2 N–H and O–H groups in total. The summed E-state index contributed by atoms with van der Waals surface area (Å²) >= 11 is 6.03. The lowest BCUT2D eigenvalue weighted by atomic mass is 9.76. The van der Waals surface area contributed by atoms with Gasteiger partial charge in [-0.2, -0.15) is 0 Å². The van der Waals surface area contributed by atoms with Crippen molar-refractivity contribution in [1.29, 1.82) is 0 Å². The molecule has 0 radical (unpaired) electrons. The number of aliphatic hydroxyl groups excluding tert-OH is 1. The molecular weight excluding hydrogens is 262 g/mol. The highest BCUT2D eigenvalue weighted by Crippen LogP contribution is 2.32. The lowest BCUT2D eigenvalue weighted by Crippen LogP contribution is -2.53. The van der Waals surface area contributed by atoms with Gasteiger partial charge in [0, 0.05) is 0 Å². The second-order valence-corrected chi connectivity index (χ2v) is 5.98. The molecule has 4 heteroatoms. The van der Waals surface area contributed by atoms with Crippen LogP contribution in [0.2, 0.25) is 5.02 Å². The number of carbonyl (C=O) groups excluding carboxylic acids is 1. The van der Waals surface area contributed by atoms with Crippen molar-refractivity contribution in [1.82, 2.24) is 5.32 Å². The highest BCUT2D eigenvalue weighted by atomic mass is 35.5. The summed E-state index contributed by atoms with van der Waals surface area (Å²) in [4.78, 5) is 12.3. The molecule has 2 atom stereocenters. The average Bonchev–Trinajstić information content (AvgIpc) is 2.39. The van der Waals surface area contributed by atoms with Gasteiger partial charge in [0.05, 0.1) is 22.7 Å². The summed E-state index contributed by atoms with van der Waals surface area (Å²) in [6, 6.07) is 6.99. The molecule has 1 aliphatic rings. The standard InChI is InChI=1S/C15H20ClNO2/c1-11-5-4-8-15(9-11,10-18)17-14(19)12-6-2-3-7-13(12)16/h2-3,6-7,11,18H,4-5,8-10H2,1H3,(H,17,19). The molecule has 1 aromatic rings. The number of carbonyl (C=O) groups is 1. The first-order valence-corrected chi connectivity index (χ1v) is 7.12. The van der Waals surface area contributed by atoms with Crippen LogP contribution in [0.25, 0.3) is 0 Å². The van der Waals surface area contributed by atoms with Crippen LogP contribution >= 0.6 is 11.6 Å². The Morgan fingerprint density at radius 2 is 2.26 bits per heavy atom. The zero-order valence-electron chi connectivity index (χ0n) is 11.2. The van der Waals surface area contributed by atoms with Crippen LogP contribution in [0.1, 0.15) is 43.0 Å². The van der Waals surface area contributed by atoms with Crippen molar-refractivity contribution in [3.63, 3.8) is 0 Å². The molecule has 1 amide bonds. The van der Waals surface area contributed by atoms with Crippen LogP contribution in [0.15, 0.2) is 24.3 Å². The molecule has 1 fully saturated rings. The molecular formula is C15H20ClNO2. The summed E-state index contributed by atoms with van der Waals surface area (Å²) in [6.45, 7) is 2.14. The number of nitrogens with one attached hydrogen (secondary N) is 1. The van der Waals surface area contributed by atoms with Gasteiger partial charge in [0.2, 0.25) is 0 Å². The molecule has 0 spiro atoms. The van der Waals surface area contributed by atoms with Crippen molar-refractivity contribution in [3.05, 3.63) is 34.9 Å². The molecule has 0 bridgehead atoms. The van der Waals surface area contributed by atoms with E-state index in [0.717, 1.165) is 25.7 Å². The Labute approximate surface area is 119 Å². The summed E-state index contributed by atoms with van der Waals surface area (Å²) < 4.78 is 0. The average molecular weight is 282 g/mol. The molecule has 0 saturated heterocycles. The summed E-state index contributed by atoms with van der Waals surface area (Å²) in [5, 5.41) is 13.1. The third-order valence-electron chi connectivity index (χ3n) is 3.89. The quantitative estimate of drug-likeness (QED) is 0.895. The summed E-state index contributed by atoms with van der Waals surface area (Å²) in [5.74, 6) is 0.321. The summed E-state index contributed by atoms with van der Waals surface area (Å²) in [6.07, 6.45) is 3.83. The van der Waals surface area contributed by atoms with Crippen LogP contribution in [0.4, 0.5) is 0 Å². The van der Waals surface area contributed by atoms with E-state index in [-0.39, 0.29) is 12.5 Å². The van der Waals surface area contributed by atoms with Gasteiger partial charge in [-0.1, -0.05) is 43.5 Å². The normalized spacial score (nSPS) is 27.0. The van der Waals surface area contributed by atoms with Crippen LogP contribution in [-0.2, 0) is 0 Å². The van der Waals surface area contributed by atoms with Crippen molar-refractivity contribution in [3.8, 4) is 0 Å². The van der Waals surface area contributed by atoms with Gasteiger partial charge >= 0.3 is 0 Å². The first-order valence-electron chi connectivity index (χ1n) is 6.74. The van der Waals surface area contributed by atoms with E-state index < -0.39 is 5.54 Å². The van der Waals surface area contributed by atoms with Gasteiger partial charge in [-0.3, -0.25) is 4.79 Å². The second kappa shape index (κ2) is 5.93. The van der Waals surface area contributed by atoms with Crippen LogP contribution in [0.5, 0.6) is 0 Å². The first-order chi connectivity index (χ1) is 9.06. The van der Waals surface area contributed by atoms with Gasteiger partial charge in [0.1, 0.15) is 0 Å². The number of hydrogen-bond donors (Lipinski definition) is 2. The Morgan fingerprint density at radius 1 is 1.53 bits per heavy atom. The van der Waals surface area contributed by atoms with E-state index in [4.69, 9.17) is 11.6 Å². The Bertz CT molecular complexity index is 463. The fraction of sp³-hybridized carbons (Fsp3) is 0.533. The Kier molecular flexibility index (Phi) is 4.48. The number of amides is 1. The Balaban J connectivity index is 2.14. The van der Waals surface area contributed by atoms with Crippen molar-refractivity contribution in [2.24, 2.45) is 5.92 Å². The minimum atomic E-state index is -0.492. The largest absolute Gasteiger partial charge is 0.394 e. The van der Waals surface area contributed by atoms with Gasteiger partial charge < -0.3 is 10.4 Å². The molecule has 1 aliphatic carbocycles. The maximum atomic E-state index is 12.3. The molecule has 2 unspecified atom stereocenters. The smallest absolute Gasteiger partial charge is 0.253 e. The monoisotopic (exact) mass is 281 g/mol. The molecule has 1 saturated carbocycles. The summed E-state index contributed by atoms with van der Waals surface area (Å²) in [5.41, 5.74) is -0.0243. The van der Waals surface area contributed by atoms with Crippen LogP contribution in [-0.4, -0.2) is 23.2 Å². The number of aliphatic hydroxyl groups is 1. The SMILES string of the molecule is CC1CCCC(CO)(NC(=O)c2ccccc2Cl)C1. The van der Waals surface area contributed by atoms with Gasteiger partial charge in [-0.15, -0.1) is 0 Å². The Morgan fingerprint density at radius 3 is 2.89 bits per heavy atom. The maximum Gasteiger partial charge on any atom is 0.253 e. The van der Waals surface area contributed by atoms with E-state index in [9.17, 15) is 9.90 Å². The van der Waals surface area contributed by atoms with E-state index in [1.165, 1.54) is 0 Å². The van der Waals surface area contributed by atoms with E-state index in [0.29, 0.717) is 16.5 Å². The third kappa shape index (κ3) is 3.28. The van der Waals surface area contributed by atoms with Gasteiger partial charge in [-0.25, -0.2) is 0 Å². The van der Waals surface area contributed by atoms with Gasteiger partial charge in [-0.05, 0) is 30.9 Å². The van der Waals surface area contributed by atoms with Crippen LogP contribution in [0.3, 0.4) is 0 Å². The van der Waals surface area contributed by atoms with Crippen LogP contribution < -0.4 is 5.32 Å². The predicted octanol–water partition coefficient (Wildman–Crippen LogP) is 3.01.